The molecular formula is C32H44O16. The Morgan fingerprint density at radius 1 is 0.854 bits per heavy atom. The second-order valence-electron chi connectivity index (χ2n) is 12.3. The zero-order valence-electron chi connectivity index (χ0n) is 26.7. The summed E-state index contributed by atoms with van der Waals surface area (Å²) in [6.07, 6.45) is -10.6. The fraction of sp³-hybridized carbons (Fsp3) is 0.625. The third-order valence-corrected chi connectivity index (χ3v) is 9.54. The van der Waals surface area contributed by atoms with Crippen molar-refractivity contribution in [2.24, 2.45) is 11.8 Å². The Hall–Kier alpha value is -3.00. The van der Waals surface area contributed by atoms with Gasteiger partial charge in [-0.1, -0.05) is 0 Å². The fourth-order valence-corrected chi connectivity index (χ4v) is 6.75. The lowest BCUT2D eigenvalue weighted by Gasteiger charge is -2.44. The molecule has 11 atom stereocenters. The number of fused-ring (bicyclic) bond motifs is 1. The smallest absolute Gasteiger partial charge is 0.200 e. The summed E-state index contributed by atoms with van der Waals surface area (Å²) in [5, 5.41) is 94.2. The summed E-state index contributed by atoms with van der Waals surface area (Å²) < 4.78 is 39.3. The van der Waals surface area contributed by atoms with Crippen LogP contribution in [0, 0.1) is 11.8 Å². The number of ether oxygens (including phenoxy) is 7. The summed E-state index contributed by atoms with van der Waals surface area (Å²) in [5.41, 5.74) is -0.0292. The molecule has 0 saturated carbocycles. The van der Waals surface area contributed by atoms with Crippen LogP contribution in [-0.2, 0) is 25.4 Å². The lowest BCUT2D eigenvalue weighted by atomic mass is 9.66. The number of hydrogen-bond donors (Lipinski definition) is 9. The van der Waals surface area contributed by atoms with Crippen molar-refractivity contribution in [1.82, 2.24) is 0 Å². The van der Waals surface area contributed by atoms with E-state index in [9.17, 15) is 46.0 Å². The van der Waals surface area contributed by atoms with Gasteiger partial charge in [-0.25, -0.2) is 0 Å². The van der Waals surface area contributed by atoms with Crippen molar-refractivity contribution in [2.75, 3.05) is 54.4 Å². The highest BCUT2D eigenvalue weighted by atomic mass is 16.8. The molecule has 0 unspecified atom stereocenters. The van der Waals surface area contributed by atoms with E-state index in [1.807, 2.05) is 0 Å². The van der Waals surface area contributed by atoms with E-state index >= 15 is 0 Å². The summed E-state index contributed by atoms with van der Waals surface area (Å²) in [6, 6.07) is 6.44. The summed E-state index contributed by atoms with van der Waals surface area (Å²) in [7, 11) is 4.18. The van der Waals surface area contributed by atoms with Crippen LogP contribution in [0.15, 0.2) is 24.3 Å². The molecule has 2 aliphatic heterocycles. The molecule has 1 aliphatic carbocycles. The average Bonchev–Trinajstić information content (AvgIpc) is 3.38. The van der Waals surface area contributed by atoms with Crippen LogP contribution in [0.3, 0.4) is 0 Å². The minimum atomic E-state index is -2.04. The van der Waals surface area contributed by atoms with Crippen molar-refractivity contribution < 1.29 is 79.1 Å². The first kappa shape index (κ1) is 36.3. The van der Waals surface area contributed by atoms with Crippen molar-refractivity contribution in [3.05, 3.63) is 41.0 Å². The monoisotopic (exact) mass is 684 g/mol. The van der Waals surface area contributed by atoms with Crippen LogP contribution in [-0.4, -0.2) is 149 Å². The Labute approximate surface area is 276 Å². The molecule has 48 heavy (non-hydrogen) atoms. The van der Waals surface area contributed by atoms with Gasteiger partial charge in [-0.2, -0.15) is 0 Å². The molecule has 268 valence electrons. The number of hydrogen-bond acceptors (Lipinski definition) is 16. The maximum absolute atomic E-state index is 11.0. The molecule has 2 saturated heterocycles. The highest BCUT2D eigenvalue weighted by Gasteiger charge is 2.53. The molecule has 2 heterocycles. The number of aromatic hydroxyl groups is 2. The fourth-order valence-electron chi connectivity index (χ4n) is 6.75. The van der Waals surface area contributed by atoms with Gasteiger partial charge in [-0.3, -0.25) is 0 Å². The van der Waals surface area contributed by atoms with Gasteiger partial charge in [0.15, 0.2) is 35.6 Å². The summed E-state index contributed by atoms with van der Waals surface area (Å²) in [6.45, 7) is -2.50. The highest BCUT2D eigenvalue weighted by molar-refractivity contribution is 5.57. The van der Waals surface area contributed by atoms with Crippen LogP contribution >= 0.6 is 0 Å². The average molecular weight is 685 g/mol. The van der Waals surface area contributed by atoms with Crippen LogP contribution < -0.4 is 14.2 Å². The predicted molar refractivity (Wildman–Crippen MR) is 162 cm³/mol. The number of aliphatic hydroxyl groups excluding tert-OH is 6. The zero-order chi connectivity index (χ0) is 34.9. The molecule has 0 bridgehead atoms. The standard InChI is InChI=1S/C32H44O16/c1-42-20-5-14-4-16(9-33)18(24(17(14)8-19(20)36)15-6-21(43-2)25(37)22(7-15)44-3)11-45-30-28(27(39)26(38)23(10-34)47-30)48-31-29(40)32(41,12-35)13-46-31/h5-8,16,18,23-24,26-31,33-41H,4,9-13H2,1-3H3/t16-,18-,23+,24-,26+,27-,28+,29-,30+,31-,32+/m0/s1. The molecule has 9 N–H and O–H groups in total. The first-order valence-corrected chi connectivity index (χ1v) is 15.4. The van der Waals surface area contributed by atoms with Gasteiger partial charge in [0.2, 0.25) is 5.75 Å². The summed E-state index contributed by atoms with van der Waals surface area (Å²) >= 11 is 0. The first-order valence-electron chi connectivity index (χ1n) is 15.4. The molecule has 0 spiro atoms. The molecule has 5 rings (SSSR count). The third kappa shape index (κ3) is 6.63. The highest BCUT2D eigenvalue weighted by Crippen LogP contribution is 2.50. The Morgan fingerprint density at radius 2 is 1.52 bits per heavy atom. The number of phenolic OH excluding ortho intramolecular Hbond substituents is 2. The zero-order valence-corrected chi connectivity index (χ0v) is 26.7. The molecule has 2 aromatic rings. The van der Waals surface area contributed by atoms with E-state index in [0.717, 1.165) is 5.56 Å². The minimum Gasteiger partial charge on any atom is -0.504 e. The van der Waals surface area contributed by atoms with Crippen molar-refractivity contribution in [3.8, 4) is 28.7 Å². The summed E-state index contributed by atoms with van der Waals surface area (Å²) in [5.74, 6) is -1.58. The van der Waals surface area contributed by atoms with Gasteiger partial charge in [0.1, 0.15) is 36.1 Å². The van der Waals surface area contributed by atoms with E-state index in [0.29, 0.717) is 17.5 Å². The van der Waals surface area contributed by atoms with E-state index in [2.05, 4.69) is 0 Å². The van der Waals surface area contributed by atoms with Crippen LogP contribution in [0.1, 0.15) is 22.6 Å². The second-order valence-corrected chi connectivity index (χ2v) is 12.3. The van der Waals surface area contributed by atoms with Crippen LogP contribution in [0.25, 0.3) is 0 Å². The molecule has 0 amide bonds. The van der Waals surface area contributed by atoms with Crippen LogP contribution in [0.5, 0.6) is 28.7 Å². The number of methoxy groups -OCH3 is 3. The van der Waals surface area contributed by atoms with Gasteiger partial charge < -0.3 is 79.1 Å². The van der Waals surface area contributed by atoms with Gasteiger partial charge in [-0.15, -0.1) is 0 Å². The van der Waals surface area contributed by atoms with E-state index < -0.39 is 86.3 Å². The molecule has 16 nitrogen and oxygen atoms in total. The molecular weight excluding hydrogens is 640 g/mol. The molecule has 2 aromatic carbocycles. The number of benzene rings is 2. The number of aliphatic hydroxyl groups is 7. The van der Waals surface area contributed by atoms with Gasteiger partial charge >= 0.3 is 0 Å². The molecule has 16 heteroatoms. The lowest BCUT2D eigenvalue weighted by molar-refractivity contribution is -0.338. The van der Waals surface area contributed by atoms with Gasteiger partial charge in [0.05, 0.1) is 47.8 Å². The Kier molecular flexibility index (Phi) is 11.2. The molecule has 3 aliphatic rings. The van der Waals surface area contributed by atoms with Gasteiger partial charge in [-0.05, 0) is 59.2 Å². The predicted octanol–water partition coefficient (Wildman–Crippen LogP) is -1.68. The lowest BCUT2D eigenvalue weighted by Crippen LogP contribution is -2.61. The van der Waals surface area contributed by atoms with E-state index in [-0.39, 0.29) is 42.0 Å². The molecule has 0 aromatic heterocycles. The van der Waals surface area contributed by atoms with Crippen LogP contribution in [0.2, 0.25) is 0 Å². The Bertz CT molecular complexity index is 1380. The van der Waals surface area contributed by atoms with Crippen molar-refractivity contribution in [2.45, 2.75) is 61.0 Å². The normalized spacial score (nSPS) is 34.9. The maximum Gasteiger partial charge on any atom is 0.200 e. The second kappa shape index (κ2) is 14.9. The number of phenols is 2. The van der Waals surface area contributed by atoms with Gasteiger partial charge in [0, 0.05) is 12.5 Å². The minimum absolute atomic E-state index is 0.111. The van der Waals surface area contributed by atoms with E-state index in [1.54, 1.807) is 24.3 Å². The topological polar surface area (TPSA) is 247 Å². The van der Waals surface area contributed by atoms with Crippen molar-refractivity contribution >= 4 is 0 Å². The number of rotatable bonds is 12. The molecule has 2 fully saturated rings. The molecule has 0 radical (unpaired) electrons. The van der Waals surface area contributed by atoms with E-state index in [4.69, 9.17) is 33.2 Å². The first-order chi connectivity index (χ1) is 22.9. The maximum atomic E-state index is 11.0. The Balaban J connectivity index is 1.52. The third-order valence-electron chi connectivity index (χ3n) is 9.54. The largest absolute Gasteiger partial charge is 0.504 e. The Morgan fingerprint density at radius 3 is 2.08 bits per heavy atom. The van der Waals surface area contributed by atoms with Gasteiger partial charge in [0.25, 0.3) is 0 Å². The van der Waals surface area contributed by atoms with Crippen molar-refractivity contribution in [1.29, 1.82) is 0 Å². The summed E-state index contributed by atoms with van der Waals surface area (Å²) in [4.78, 5) is 0. The quantitative estimate of drug-likeness (QED) is 0.121. The van der Waals surface area contributed by atoms with Crippen molar-refractivity contribution in [3.63, 3.8) is 0 Å². The van der Waals surface area contributed by atoms with E-state index in [1.165, 1.54) is 21.3 Å². The SMILES string of the molecule is COc1cc2c(cc1O)[C@H](c1cc(OC)c(O)c(OC)c1)[C@@H](CO[C@@H]1O[C@H](CO)[C@@H](O)[C@H](O)[C@H]1O[C@@H]1OC[C@](O)(CO)[C@H]1O)[C@H](CO)C2. The van der Waals surface area contributed by atoms with Crippen LogP contribution in [0.4, 0.5) is 0 Å².